The van der Waals surface area contributed by atoms with Crippen LogP contribution in [0.5, 0.6) is 5.75 Å². The van der Waals surface area contributed by atoms with Crippen LogP contribution in [0.1, 0.15) is 11.1 Å². The van der Waals surface area contributed by atoms with Crippen molar-refractivity contribution in [3.8, 4) is 5.75 Å². The van der Waals surface area contributed by atoms with Gasteiger partial charge in [0.1, 0.15) is 13.2 Å². The van der Waals surface area contributed by atoms with Gasteiger partial charge in [0, 0.05) is 6.07 Å². The van der Waals surface area contributed by atoms with Gasteiger partial charge in [0.15, 0.2) is 5.75 Å². The smallest absolute Gasteiger partial charge is 0.310 e. The predicted molar refractivity (Wildman–Crippen MR) is 73.4 cm³/mol. The summed E-state index contributed by atoms with van der Waals surface area (Å²) in [5, 5.41) is 13.7. The zero-order valence-electron chi connectivity index (χ0n) is 10.6. The summed E-state index contributed by atoms with van der Waals surface area (Å²) in [6.45, 7) is 0.180. The number of nitroso groups, excluding NO2 is 1. The minimum absolute atomic E-state index is 0.0420. The van der Waals surface area contributed by atoms with Crippen LogP contribution in [0.2, 0.25) is 0 Å². The standard InChI is InChI=1S/C14H12N2O4/c17-15-9-12-6-7-13(16(18)19)14(8-12)20-10-11-4-2-1-3-5-11/h1-8H,9-10H2. The van der Waals surface area contributed by atoms with Crippen LogP contribution < -0.4 is 4.74 Å². The number of nitro groups is 1. The van der Waals surface area contributed by atoms with E-state index in [-0.39, 0.29) is 24.6 Å². The summed E-state index contributed by atoms with van der Waals surface area (Å²) in [7, 11) is 0. The van der Waals surface area contributed by atoms with Crippen molar-refractivity contribution in [1.29, 1.82) is 0 Å². The van der Waals surface area contributed by atoms with Crippen LogP contribution >= 0.6 is 0 Å². The first-order valence-corrected chi connectivity index (χ1v) is 5.94. The molecule has 6 heteroatoms. The molecule has 6 nitrogen and oxygen atoms in total. The average molecular weight is 272 g/mol. The average Bonchev–Trinajstić information content (AvgIpc) is 2.46. The molecule has 102 valence electrons. The van der Waals surface area contributed by atoms with E-state index in [2.05, 4.69) is 5.18 Å². The molecule has 0 heterocycles. The molecule has 0 aliphatic carbocycles. The normalized spacial score (nSPS) is 10.0. The van der Waals surface area contributed by atoms with Crippen molar-refractivity contribution >= 4 is 5.69 Å². The van der Waals surface area contributed by atoms with Crippen molar-refractivity contribution in [3.63, 3.8) is 0 Å². The fraction of sp³-hybridized carbons (Fsp3) is 0.143. The maximum absolute atomic E-state index is 10.9. The van der Waals surface area contributed by atoms with Gasteiger partial charge < -0.3 is 4.74 Å². The van der Waals surface area contributed by atoms with Gasteiger partial charge in [0.25, 0.3) is 0 Å². The van der Waals surface area contributed by atoms with E-state index in [9.17, 15) is 15.0 Å². The predicted octanol–water partition coefficient (Wildman–Crippen LogP) is 3.44. The highest BCUT2D eigenvalue weighted by molar-refractivity contribution is 5.48. The number of hydrogen-bond donors (Lipinski definition) is 0. The van der Waals surface area contributed by atoms with Crippen molar-refractivity contribution in [1.82, 2.24) is 0 Å². The molecule has 0 aliphatic heterocycles. The van der Waals surface area contributed by atoms with Gasteiger partial charge in [-0.15, -0.1) is 0 Å². The van der Waals surface area contributed by atoms with Gasteiger partial charge in [-0.1, -0.05) is 35.5 Å². The molecule has 0 spiro atoms. The largest absolute Gasteiger partial charge is 0.482 e. The monoisotopic (exact) mass is 272 g/mol. The lowest BCUT2D eigenvalue weighted by Gasteiger charge is -2.08. The molecule has 0 amide bonds. The molecular weight excluding hydrogens is 260 g/mol. The summed E-state index contributed by atoms with van der Waals surface area (Å²) in [4.78, 5) is 20.7. The summed E-state index contributed by atoms with van der Waals surface area (Å²) >= 11 is 0. The minimum Gasteiger partial charge on any atom is -0.482 e. The van der Waals surface area contributed by atoms with Gasteiger partial charge in [0.05, 0.1) is 4.92 Å². The topological polar surface area (TPSA) is 81.8 Å². The van der Waals surface area contributed by atoms with Crippen molar-refractivity contribution in [3.05, 3.63) is 74.7 Å². The Balaban J connectivity index is 2.21. The molecule has 2 aromatic carbocycles. The number of nitro benzene ring substituents is 1. The third-order valence-electron chi connectivity index (χ3n) is 2.71. The molecule has 0 saturated heterocycles. The summed E-state index contributed by atoms with van der Waals surface area (Å²) < 4.78 is 5.49. The highest BCUT2D eigenvalue weighted by atomic mass is 16.6. The van der Waals surface area contributed by atoms with Crippen LogP contribution in [0.15, 0.2) is 53.7 Å². The molecule has 20 heavy (non-hydrogen) atoms. The molecule has 0 unspecified atom stereocenters. The second kappa shape index (κ2) is 6.42. The third kappa shape index (κ3) is 3.38. The van der Waals surface area contributed by atoms with Gasteiger partial charge in [-0.05, 0) is 23.3 Å². The Morgan fingerprint density at radius 2 is 1.85 bits per heavy atom. The zero-order chi connectivity index (χ0) is 14.4. The van der Waals surface area contributed by atoms with Gasteiger partial charge in [0.2, 0.25) is 0 Å². The molecule has 0 aliphatic rings. The fourth-order valence-corrected chi connectivity index (χ4v) is 1.73. The van der Waals surface area contributed by atoms with Crippen LogP contribution in [0.4, 0.5) is 5.69 Å². The van der Waals surface area contributed by atoms with Crippen molar-refractivity contribution in [2.75, 3.05) is 0 Å². The minimum atomic E-state index is -0.515. The second-order valence-corrected chi connectivity index (χ2v) is 4.12. The molecule has 0 bridgehead atoms. The van der Waals surface area contributed by atoms with E-state index in [1.807, 2.05) is 30.3 Å². The van der Waals surface area contributed by atoms with Crippen molar-refractivity contribution < 1.29 is 9.66 Å². The first-order chi connectivity index (χ1) is 9.70. The molecule has 0 aromatic heterocycles. The van der Waals surface area contributed by atoms with Gasteiger partial charge in [-0.2, -0.15) is 4.91 Å². The maximum atomic E-state index is 10.9. The van der Waals surface area contributed by atoms with Crippen molar-refractivity contribution in [2.45, 2.75) is 13.2 Å². The van der Waals surface area contributed by atoms with E-state index in [1.54, 1.807) is 0 Å². The zero-order valence-corrected chi connectivity index (χ0v) is 10.6. The lowest BCUT2D eigenvalue weighted by atomic mass is 10.2. The van der Waals surface area contributed by atoms with E-state index in [4.69, 9.17) is 4.74 Å². The summed E-state index contributed by atoms with van der Waals surface area (Å²) in [6, 6.07) is 13.6. The molecule has 2 rings (SSSR count). The quantitative estimate of drug-likeness (QED) is 0.458. The highest BCUT2D eigenvalue weighted by Gasteiger charge is 2.15. The molecule has 0 N–H and O–H groups in total. The summed E-state index contributed by atoms with van der Waals surface area (Å²) in [5.41, 5.74) is 1.35. The Labute approximate surface area is 115 Å². The van der Waals surface area contributed by atoms with Gasteiger partial charge in [-0.25, -0.2) is 0 Å². The number of ether oxygens (including phenoxy) is 1. The van der Waals surface area contributed by atoms with Gasteiger partial charge in [-0.3, -0.25) is 10.1 Å². The van der Waals surface area contributed by atoms with E-state index in [0.717, 1.165) is 5.56 Å². The van der Waals surface area contributed by atoms with Crippen molar-refractivity contribution in [2.24, 2.45) is 5.18 Å². The van der Waals surface area contributed by atoms with Crippen LogP contribution in [0, 0.1) is 15.0 Å². The van der Waals surface area contributed by atoms with Crippen LogP contribution in [0.3, 0.4) is 0 Å². The Hall–Kier alpha value is -2.76. The summed E-state index contributed by atoms with van der Waals surface area (Å²) in [6.07, 6.45) is 0. The van der Waals surface area contributed by atoms with Gasteiger partial charge >= 0.3 is 5.69 Å². The van der Waals surface area contributed by atoms with Crippen LogP contribution in [-0.4, -0.2) is 4.92 Å². The molecular formula is C14H12N2O4. The molecule has 0 atom stereocenters. The Morgan fingerprint density at radius 1 is 1.10 bits per heavy atom. The van der Waals surface area contributed by atoms with E-state index < -0.39 is 4.92 Å². The fourth-order valence-electron chi connectivity index (χ4n) is 1.73. The lowest BCUT2D eigenvalue weighted by Crippen LogP contribution is -2.00. The van der Waals surface area contributed by atoms with E-state index in [1.165, 1.54) is 18.2 Å². The third-order valence-corrected chi connectivity index (χ3v) is 2.71. The van der Waals surface area contributed by atoms with E-state index >= 15 is 0 Å². The first kappa shape index (κ1) is 13.7. The number of nitrogens with zero attached hydrogens (tertiary/aromatic N) is 2. The number of hydrogen-bond acceptors (Lipinski definition) is 5. The maximum Gasteiger partial charge on any atom is 0.310 e. The lowest BCUT2D eigenvalue weighted by molar-refractivity contribution is -0.386. The SMILES string of the molecule is O=NCc1ccc([N+](=O)[O-])c(OCc2ccccc2)c1. The Morgan fingerprint density at radius 3 is 2.50 bits per heavy atom. The molecule has 0 fully saturated rings. The van der Waals surface area contributed by atoms with E-state index in [0.29, 0.717) is 5.56 Å². The number of benzene rings is 2. The van der Waals surface area contributed by atoms with Crippen LogP contribution in [0.25, 0.3) is 0 Å². The Bertz CT molecular complexity index is 614. The summed E-state index contributed by atoms with van der Waals surface area (Å²) in [5.74, 6) is 0.139. The molecule has 2 aromatic rings. The molecule has 0 saturated carbocycles. The number of rotatable bonds is 6. The molecule has 0 radical (unpaired) electrons. The van der Waals surface area contributed by atoms with Crippen LogP contribution in [-0.2, 0) is 13.2 Å². The second-order valence-electron chi connectivity index (χ2n) is 4.12. The first-order valence-electron chi connectivity index (χ1n) is 5.94. The highest BCUT2D eigenvalue weighted by Crippen LogP contribution is 2.29. The Kier molecular flexibility index (Phi) is 4.39.